The molecule has 24 nitrogen and oxygen atoms in total. The average molecular weight is 1300 g/mol. The van der Waals surface area contributed by atoms with E-state index in [9.17, 15) is 48.6 Å². The van der Waals surface area contributed by atoms with Gasteiger partial charge in [0.2, 0.25) is 29.5 Å². The van der Waals surface area contributed by atoms with E-state index in [0.717, 1.165) is 70.4 Å². The molecule has 0 aliphatic carbocycles. The molecule has 5 amide bonds. The number of benzene rings is 4. The van der Waals surface area contributed by atoms with Crippen molar-refractivity contribution in [2.75, 3.05) is 46.8 Å². The molecule has 0 saturated carbocycles. The van der Waals surface area contributed by atoms with Crippen LogP contribution in [0.4, 0.5) is 0 Å². The Morgan fingerprint density at radius 2 is 1.02 bits per heavy atom. The van der Waals surface area contributed by atoms with E-state index >= 15 is 0 Å². The molecule has 1 aliphatic heterocycles. The highest BCUT2D eigenvalue weighted by molar-refractivity contribution is 5.96. The maximum Gasteiger partial charge on any atom is 0.239 e. The fourth-order valence-electron chi connectivity index (χ4n) is 11.8. The highest BCUT2D eigenvalue weighted by Gasteiger charge is 2.35. The van der Waals surface area contributed by atoms with Crippen LogP contribution in [-0.4, -0.2) is 140 Å². The number of primary amides is 2. The fraction of sp³-hybridized carbons (Fsp3) is 0.514. The number of amides is 5. The van der Waals surface area contributed by atoms with Gasteiger partial charge in [0.15, 0.2) is 17.5 Å². The highest BCUT2D eigenvalue weighted by Crippen LogP contribution is 2.32. The molecule has 4 aromatic rings. The molecule has 5 rings (SSSR count). The van der Waals surface area contributed by atoms with Gasteiger partial charge in [0.1, 0.15) is 23.3 Å². The molecule has 0 saturated heterocycles. The summed E-state index contributed by atoms with van der Waals surface area (Å²) in [6.45, 7) is 10.3. The largest absolute Gasteiger partial charge is 0.508 e. The molecule has 0 aromatic heterocycles. The zero-order chi connectivity index (χ0) is 69.3. The summed E-state index contributed by atoms with van der Waals surface area (Å²) in [5.74, 6) is -5.64. The quantitative estimate of drug-likeness (QED) is 0.0172. The van der Waals surface area contributed by atoms with Crippen LogP contribution in [0, 0.1) is 38.5 Å². The Labute approximate surface area is 553 Å². The van der Waals surface area contributed by atoms with Crippen LogP contribution in [0.15, 0.2) is 94.9 Å². The van der Waals surface area contributed by atoms with Gasteiger partial charge in [-0.25, -0.2) is 0 Å². The number of hydrogen-bond acceptors (Lipinski definition) is 16. The first kappa shape index (κ1) is 77.9. The maximum atomic E-state index is 14.0. The van der Waals surface area contributed by atoms with Crippen LogP contribution in [0.3, 0.4) is 0 Å². The number of ketones is 3. The zero-order valence-corrected chi connectivity index (χ0v) is 55.8. The van der Waals surface area contributed by atoms with E-state index in [4.69, 9.17) is 34.4 Å². The van der Waals surface area contributed by atoms with Crippen molar-refractivity contribution >= 4 is 58.7 Å². The number of nitrogens with one attached hydrogen (secondary N) is 6. The van der Waals surface area contributed by atoms with E-state index in [2.05, 4.69) is 41.9 Å². The van der Waals surface area contributed by atoms with Crippen molar-refractivity contribution in [1.82, 2.24) is 31.9 Å². The first-order chi connectivity index (χ1) is 44.8. The second kappa shape index (κ2) is 41.2. The molecule has 0 bridgehead atoms. The Morgan fingerprint density at radius 1 is 0.553 bits per heavy atom. The Balaban J connectivity index is 0.000000400. The Morgan fingerprint density at radius 3 is 1.56 bits per heavy atom. The molecule has 20 N–H and O–H groups in total. The number of rotatable bonds is 41. The summed E-state index contributed by atoms with van der Waals surface area (Å²) in [4.78, 5) is 115. The second-order valence-corrected chi connectivity index (χ2v) is 24.7. The molecule has 0 spiro atoms. The first-order valence-corrected chi connectivity index (χ1v) is 32.7. The lowest BCUT2D eigenvalue weighted by Gasteiger charge is -2.29. The van der Waals surface area contributed by atoms with E-state index in [1.54, 1.807) is 31.2 Å². The number of phenolic OH excluding ortho intramolecular Hbond substituents is 2. The topological polar surface area (TPSA) is 430 Å². The number of aliphatic imine (C=N–C) groups is 2. The lowest BCUT2D eigenvalue weighted by Crippen LogP contribution is -2.49. The van der Waals surface area contributed by atoms with Gasteiger partial charge in [0.25, 0.3) is 0 Å². The molecular weight excluding hydrogens is 1200 g/mol. The van der Waals surface area contributed by atoms with Crippen LogP contribution in [0.1, 0.15) is 141 Å². The lowest BCUT2D eigenvalue weighted by atomic mass is 9.85. The number of carbonyl (C=O) groups is 8. The molecule has 0 radical (unpaired) electrons. The number of nitrogens with zero attached hydrogens (tertiary/aromatic N) is 2. The Kier molecular flexibility index (Phi) is 34.1. The van der Waals surface area contributed by atoms with E-state index in [1.165, 1.54) is 0 Å². The average Bonchev–Trinajstić information content (AvgIpc) is 0.799. The number of aryl methyl sites for hydroxylation is 3. The van der Waals surface area contributed by atoms with Crippen LogP contribution in [0.2, 0.25) is 0 Å². The summed E-state index contributed by atoms with van der Waals surface area (Å²) in [7, 11) is 3.68. The normalized spacial score (nSPS) is 15.0. The maximum absolute atomic E-state index is 14.0. The minimum atomic E-state index is -0.918. The van der Waals surface area contributed by atoms with E-state index in [1.807, 2.05) is 95.5 Å². The number of carbonyl (C=O) groups excluding carboxylic acids is 8. The van der Waals surface area contributed by atoms with Crippen LogP contribution < -0.4 is 66.3 Å². The molecule has 24 heteroatoms. The fourth-order valence-corrected chi connectivity index (χ4v) is 11.8. The summed E-state index contributed by atoms with van der Waals surface area (Å²) in [6.07, 6.45) is 5.69. The van der Waals surface area contributed by atoms with Gasteiger partial charge < -0.3 is 76.5 Å². The Bertz CT molecular complexity index is 3150. The van der Waals surface area contributed by atoms with Crippen LogP contribution >= 0.6 is 0 Å². The molecule has 514 valence electrons. The number of amidine groups is 1. The number of phenols is 2. The van der Waals surface area contributed by atoms with Crippen molar-refractivity contribution < 1.29 is 48.6 Å². The van der Waals surface area contributed by atoms with Crippen LogP contribution in [0.5, 0.6) is 11.5 Å². The summed E-state index contributed by atoms with van der Waals surface area (Å²) in [5, 5.41) is 38.2. The number of hydrogen-bond donors (Lipinski definition) is 14. The van der Waals surface area contributed by atoms with E-state index in [0.29, 0.717) is 76.8 Å². The van der Waals surface area contributed by atoms with Crippen molar-refractivity contribution in [1.29, 1.82) is 0 Å². The van der Waals surface area contributed by atoms with Crippen LogP contribution in [0.25, 0.3) is 0 Å². The summed E-state index contributed by atoms with van der Waals surface area (Å²) in [5.41, 5.74) is 40.7. The third-order valence-electron chi connectivity index (χ3n) is 16.9. The summed E-state index contributed by atoms with van der Waals surface area (Å²) in [6, 6.07) is 21.7. The number of nitrogens with two attached hydrogens (primary N) is 6. The van der Waals surface area contributed by atoms with Crippen LogP contribution in [-0.2, 0) is 64.2 Å². The Hall–Kier alpha value is -8.58. The number of fused-ring (bicyclic) bond motifs is 1. The third-order valence-corrected chi connectivity index (χ3v) is 16.9. The van der Waals surface area contributed by atoms with Crippen molar-refractivity contribution in [3.8, 4) is 11.5 Å². The van der Waals surface area contributed by atoms with Gasteiger partial charge in [-0.1, -0.05) is 60.7 Å². The van der Waals surface area contributed by atoms with Crippen molar-refractivity contribution in [3.63, 3.8) is 0 Å². The molecule has 8 atom stereocenters. The number of aromatic hydroxyl groups is 2. The van der Waals surface area contributed by atoms with Gasteiger partial charge in [0.05, 0.1) is 29.9 Å². The van der Waals surface area contributed by atoms with Gasteiger partial charge >= 0.3 is 0 Å². The van der Waals surface area contributed by atoms with Crippen molar-refractivity contribution in [2.45, 2.75) is 167 Å². The van der Waals surface area contributed by atoms with Gasteiger partial charge in [-0.3, -0.25) is 48.3 Å². The molecule has 94 heavy (non-hydrogen) atoms. The molecule has 1 heterocycles. The summed E-state index contributed by atoms with van der Waals surface area (Å²) >= 11 is 0. The lowest BCUT2D eigenvalue weighted by molar-refractivity contribution is -0.133. The van der Waals surface area contributed by atoms with E-state index < -0.39 is 71.5 Å². The number of guanidine groups is 1. The molecule has 0 fully saturated rings. The van der Waals surface area contributed by atoms with Gasteiger partial charge in [0, 0.05) is 63.2 Å². The highest BCUT2D eigenvalue weighted by atomic mass is 16.3. The molecule has 4 aromatic carbocycles. The second-order valence-electron chi connectivity index (χ2n) is 24.7. The van der Waals surface area contributed by atoms with Crippen molar-refractivity contribution in [2.24, 2.45) is 62.1 Å². The smallest absolute Gasteiger partial charge is 0.239 e. The predicted molar refractivity (Wildman–Crippen MR) is 367 cm³/mol. The first-order valence-electron chi connectivity index (χ1n) is 32.7. The summed E-state index contributed by atoms with van der Waals surface area (Å²) < 4.78 is 0. The number of unbranched alkanes of at least 4 members (excludes halogenated alkanes) is 2. The minimum absolute atomic E-state index is 0.0740. The van der Waals surface area contributed by atoms with Gasteiger partial charge in [-0.05, 0) is 207 Å². The van der Waals surface area contributed by atoms with Gasteiger partial charge in [-0.2, -0.15) is 0 Å². The SMILES string of the molecule is CNCCCCC(NC(=O)C(CC(=O)C(CCCN=C(N)N)NC(=O)C1CNCc2cc(O)cc(C)c21)Cc1ccccc1)C(N)=O.CNCCCCC(NC(=O)C(CC(=O)C(N)CCCN=C(C)N)Cc1c(C)cc(O)cc1C)C(=O)CC(Cc1ccccc1)C(N)=O. The molecule has 1 aliphatic rings. The van der Waals surface area contributed by atoms with Gasteiger partial charge in [-0.15, -0.1) is 0 Å². The zero-order valence-electron chi connectivity index (χ0n) is 55.8. The minimum Gasteiger partial charge on any atom is -0.508 e. The van der Waals surface area contributed by atoms with Crippen molar-refractivity contribution in [3.05, 3.63) is 129 Å². The monoisotopic (exact) mass is 1300 g/mol. The molecule has 8 unspecified atom stereocenters. The molecular formula is C70H104N14O10. The van der Waals surface area contributed by atoms with E-state index in [-0.39, 0.29) is 85.8 Å². The third kappa shape index (κ3) is 27.5. The standard InChI is InChI=1S/C36H54N6O5.C34H50N8O5/c1-23-17-29(43)18-24(2)30(23)20-28(22-33(44)31(38)13-10-16-41-25(3)37)36(47)42-32(14-8-9-15-40-4)34(45)21-27(35(39)46)19-26-11-6-5-7-12-26;1-21-15-25(43)17-24-19-39-20-26(30(21)24)33(47)41-27(12-8-14-40-34(36)37)29(44)18-23(16-22-9-4-3-5-10-22)32(46)42-28(31(35)45)11-6-7-13-38-2/h5-7,11-12,17-18,27-28,31-32,40,43H,8-10,13-16,19-22,38H2,1-4H3,(H2,37,41)(H2,39,46)(H,42,47);3-5,9-10,15,17,23,26-28,38-39,43H,6-8,11-14,16,18-20H2,1-2H3,(H2,35,45)(H,41,47)(H,42,46)(H4,36,37,40). The number of Topliss-reactive ketones (excluding diaryl/α,β-unsaturated/α-hetero) is 3. The predicted octanol–water partition coefficient (Wildman–Crippen LogP) is 3.39.